The van der Waals surface area contributed by atoms with E-state index in [9.17, 15) is 8.78 Å². The van der Waals surface area contributed by atoms with Crippen LogP contribution in [0, 0.1) is 0 Å². The normalized spacial score (nSPS) is 11.1. The van der Waals surface area contributed by atoms with E-state index in [-0.39, 0.29) is 0 Å². The third-order valence-corrected chi connectivity index (χ3v) is 2.63. The molecule has 0 bridgehead atoms. The molecule has 1 heterocycles. The zero-order valence-corrected chi connectivity index (χ0v) is 9.61. The molecule has 0 aliphatic heterocycles. The number of aryl methyl sites for hydroxylation is 1. The monoisotopic (exact) mass is 236 g/mol. The number of benzene rings is 1. The van der Waals surface area contributed by atoms with Crippen LogP contribution >= 0.6 is 0 Å². The number of aromatic nitrogens is 2. The first-order valence-electron chi connectivity index (χ1n) is 5.62. The Kier molecular flexibility index (Phi) is 3.52. The molecule has 0 amide bonds. The van der Waals surface area contributed by atoms with Crippen molar-refractivity contribution in [1.29, 1.82) is 0 Å². The lowest BCUT2D eigenvalue weighted by atomic mass is 10.0. The Morgan fingerprint density at radius 2 is 1.88 bits per heavy atom. The number of halogens is 2. The van der Waals surface area contributed by atoms with Gasteiger partial charge in [0.25, 0.3) is 0 Å². The highest BCUT2D eigenvalue weighted by molar-refractivity contribution is 5.61. The minimum atomic E-state index is -2.58. The van der Waals surface area contributed by atoms with Gasteiger partial charge in [-0.2, -0.15) is 13.9 Å². The van der Waals surface area contributed by atoms with Crippen molar-refractivity contribution in [2.75, 3.05) is 0 Å². The molecule has 1 aromatic heterocycles. The molecule has 0 atom stereocenters. The topological polar surface area (TPSA) is 17.8 Å². The lowest BCUT2D eigenvalue weighted by Gasteiger charge is -2.01. The molecule has 2 aromatic rings. The van der Waals surface area contributed by atoms with Gasteiger partial charge in [-0.25, -0.2) is 4.68 Å². The highest BCUT2D eigenvalue weighted by atomic mass is 19.3. The second-order valence-corrected chi connectivity index (χ2v) is 3.93. The molecule has 2 nitrogen and oxygen atoms in total. The van der Waals surface area contributed by atoms with Crippen LogP contribution in [0.2, 0.25) is 0 Å². The molecule has 4 heteroatoms. The van der Waals surface area contributed by atoms with Crippen molar-refractivity contribution in [3.8, 4) is 11.1 Å². The zero-order chi connectivity index (χ0) is 12.3. The highest BCUT2D eigenvalue weighted by Gasteiger charge is 2.08. The SMILES string of the molecule is CCCc1ccc(-c2cnn(C(F)F)c2)cc1. The lowest BCUT2D eigenvalue weighted by Crippen LogP contribution is -1.96. The summed E-state index contributed by atoms with van der Waals surface area (Å²) in [5.41, 5.74) is 2.89. The molecular formula is C13H14F2N2. The largest absolute Gasteiger partial charge is 0.333 e. The first-order chi connectivity index (χ1) is 8.20. The minimum Gasteiger partial charge on any atom is -0.211 e. The van der Waals surface area contributed by atoms with E-state index < -0.39 is 6.55 Å². The summed E-state index contributed by atoms with van der Waals surface area (Å²) in [5, 5.41) is 3.62. The van der Waals surface area contributed by atoms with Crippen LogP contribution in [0.3, 0.4) is 0 Å². The summed E-state index contributed by atoms with van der Waals surface area (Å²) in [5.74, 6) is 0. The highest BCUT2D eigenvalue weighted by Crippen LogP contribution is 2.21. The Labute approximate surface area is 98.9 Å². The van der Waals surface area contributed by atoms with E-state index in [2.05, 4.69) is 12.0 Å². The number of hydrogen-bond acceptors (Lipinski definition) is 1. The van der Waals surface area contributed by atoms with Crippen molar-refractivity contribution in [1.82, 2.24) is 9.78 Å². The van der Waals surface area contributed by atoms with Gasteiger partial charge >= 0.3 is 6.55 Å². The second kappa shape index (κ2) is 5.08. The summed E-state index contributed by atoms with van der Waals surface area (Å²) in [7, 11) is 0. The van der Waals surface area contributed by atoms with Crippen molar-refractivity contribution in [2.45, 2.75) is 26.3 Å². The molecule has 2 rings (SSSR count). The van der Waals surface area contributed by atoms with Crippen LogP contribution in [0.1, 0.15) is 25.5 Å². The van der Waals surface area contributed by atoms with E-state index in [0.717, 1.165) is 18.4 Å². The maximum Gasteiger partial charge on any atom is 0.333 e. The first-order valence-corrected chi connectivity index (χ1v) is 5.62. The third kappa shape index (κ3) is 2.70. The van der Waals surface area contributed by atoms with Gasteiger partial charge in [-0.3, -0.25) is 0 Å². The van der Waals surface area contributed by atoms with Crippen molar-refractivity contribution < 1.29 is 8.78 Å². The molecule has 90 valence electrons. The number of nitrogens with zero attached hydrogens (tertiary/aromatic N) is 2. The summed E-state index contributed by atoms with van der Waals surface area (Å²) in [4.78, 5) is 0. The van der Waals surface area contributed by atoms with E-state index in [0.29, 0.717) is 10.2 Å². The molecule has 0 saturated carbocycles. The number of rotatable bonds is 4. The van der Waals surface area contributed by atoms with Crippen LogP contribution in [-0.4, -0.2) is 9.78 Å². The van der Waals surface area contributed by atoms with E-state index in [1.54, 1.807) is 0 Å². The van der Waals surface area contributed by atoms with Crippen LogP contribution in [0.25, 0.3) is 11.1 Å². The van der Waals surface area contributed by atoms with Gasteiger partial charge in [-0.1, -0.05) is 37.6 Å². The van der Waals surface area contributed by atoms with Gasteiger partial charge in [0.2, 0.25) is 0 Å². The average molecular weight is 236 g/mol. The summed E-state index contributed by atoms with van der Waals surface area (Å²) in [6, 6.07) is 7.94. The molecule has 17 heavy (non-hydrogen) atoms. The van der Waals surface area contributed by atoms with Gasteiger partial charge in [0, 0.05) is 11.8 Å². The predicted molar refractivity (Wildman–Crippen MR) is 62.9 cm³/mol. The van der Waals surface area contributed by atoms with Crippen molar-refractivity contribution in [3.63, 3.8) is 0 Å². The Hall–Kier alpha value is -1.71. The Morgan fingerprint density at radius 3 is 2.41 bits per heavy atom. The van der Waals surface area contributed by atoms with Crippen molar-refractivity contribution >= 4 is 0 Å². The maximum absolute atomic E-state index is 12.4. The fraction of sp³-hybridized carbons (Fsp3) is 0.308. The van der Waals surface area contributed by atoms with Gasteiger partial charge in [-0.05, 0) is 17.5 Å². The molecule has 0 unspecified atom stereocenters. The van der Waals surface area contributed by atoms with Crippen LogP contribution in [0.4, 0.5) is 8.78 Å². The summed E-state index contributed by atoms with van der Waals surface area (Å²) < 4.78 is 25.4. The van der Waals surface area contributed by atoms with Crippen LogP contribution in [-0.2, 0) is 6.42 Å². The molecule has 1 aromatic carbocycles. The number of alkyl halides is 2. The fourth-order valence-electron chi connectivity index (χ4n) is 1.75. The average Bonchev–Trinajstić information content (AvgIpc) is 2.80. The Bertz CT molecular complexity index is 474. The van der Waals surface area contributed by atoms with Gasteiger partial charge < -0.3 is 0 Å². The molecule has 0 spiro atoms. The van der Waals surface area contributed by atoms with Gasteiger partial charge in [0.05, 0.1) is 6.20 Å². The van der Waals surface area contributed by atoms with Crippen LogP contribution in [0.5, 0.6) is 0 Å². The molecule has 0 radical (unpaired) electrons. The lowest BCUT2D eigenvalue weighted by molar-refractivity contribution is 0.0566. The second-order valence-electron chi connectivity index (χ2n) is 3.93. The summed E-state index contributed by atoms with van der Waals surface area (Å²) in [6.07, 6.45) is 4.96. The van der Waals surface area contributed by atoms with Gasteiger partial charge in [-0.15, -0.1) is 0 Å². The van der Waals surface area contributed by atoms with E-state index >= 15 is 0 Å². The van der Waals surface area contributed by atoms with Crippen LogP contribution < -0.4 is 0 Å². The Morgan fingerprint density at radius 1 is 1.18 bits per heavy atom. The Balaban J connectivity index is 2.21. The number of hydrogen-bond donors (Lipinski definition) is 0. The van der Waals surface area contributed by atoms with Crippen molar-refractivity contribution in [2.24, 2.45) is 0 Å². The summed E-state index contributed by atoms with van der Waals surface area (Å²) >= 11 is 0. The fourth-order valence-corrected chi connectivity index (χ4v) is 1.75. The quantitative estimate of drug-likeness (QED) is 0.787. The molecular weight excluding hydrogens is 222 g/mol. The minimum absolute atomic E-state index is 0.662. The molecule has 0 fully saturated rings. The molecule has 0 aliphatic carbocycles. The van der Waals surface area contributed by atoms with Gasteiger partial charge in [0.1, 0.15) is 0 Å². The van der Waals surface area contributed by atoms with Gasteiger partial charge in [0.15, 0.2) is 0 Å². The smallest absolute Gasteiger partial charge is 0.211 e. The third-order valence-electron chi connectivity index (χ3n) is 2.63. The standard InChI is InChI=1S/C13H14F2N2/c1-2-3-10-4-6-11(7-5-10)12-8-16-17(9-12)13(14)15/h4-9,13H,2-3H2,1H3. The van der Waals surface area contributed by atoms with Crippen LogP contribution in [0.15, 0.2) is 36.7 Å². The van der Waals surface area contributed by atoms with E-state index in [1.807, 2.05) is 24.3 Å². The predicted octanol–water partition coefficient (Wildman–Crippen LogP) is 3.90. The first kappa shape index (κ1) is 11.8. The molecule has 0 saturated heterocycles. The van der Waals surface area contributed by atoms with E-state index in [4.69, 9.17) is 0 Å². The maximum atomic E-state index is 12.4. The van der Waals surface area contributed by atoms with E-state index in [1.165, 1.54) is 18.0 Å². The zero-order valence-electron chi connectivity index (χ0n) is 9.61. The molecule has 0 N–H and O–H groups in total. The molecule has 0 aliphatic rings. The summed E-state index contributed by atoms with van der Waals surface area (Å²) in [6.45, 7) is -0.455. The van der Waals surface area contributed by atoms with Crippen molar-refractivity contribution in [3.05, 3.63) is 42.2 Å².